The molecule has 11 heavy (non-hydrogen) atoms. The predicted molar refractivity (Wildman–Crippen MR) is 33.9 cm³/mol. The minimum atomic E-state index is 0.685. The van der Waals surface area contributed by atoms with Gasteiger partial charge < -0.3 is 0 Å². The van der Waals surface area contributed by atoms with Gasteiger partial charge >= 0.3 is 0 Å². The van der Waals surface area contributed by atoms with Crippen molar-refractivity contribution < 1.29 is 4.94 Å². The highest BCUT2D eigenvalue weighted by atomic mass is 16.9. The Labute approximate surface area is 63.2 Å². The highest BCUT2D eigenvalue weighted by Gasteiger charge is 2.15. The zero-order valence-corrected chi connectivity index (χ0v) is 5.92. The van der Waals surface area contributed by atoms with Gasteiger partial charge in [-0.05, 0) is 10.4 Å². The van der Waals surface area contributed by atoms with Gasteiger partial charge in [0.2, 0.25) is 0 Å². The fourth-order valence-corrected chi connectivity index (χ4v) is 0.804. The van der Waals surface area contributed by atoms with Crippen molar-refractivity contribution >= 4 is 0 Å². The number of nitrogens with zero attached hydrogens (tertiary/aromatic N) is 6. The zero-order chi connectivity index (χ0) is 7.52. The van der Waals surface area contributed by atoms with Gasteiger partial charge in [-0.2, -0.15) is 10.2 Å². The van der Waals surface area contributed by atoms with Gasteiger partial charge in [-0.3, -0.25) is 0 Å². The smallest absolute Gasteiger partial charge is 0.0905 e. The molecule has 0 aromatic rings. The third kappa shape index (κ3) is 1.43. The molecule has 0 saturated heterocycles. The average molecular weight is 156 g/mol. The van der Waals surface area contributed by atoms with Gasteiger partial charge in [0.25, 0.3) is 0 Å². The third-order valence-corrected chi connectivity index (χ3v) is 1.30. The fourth-order valence-electron chi connectivity index (χ4n) is 0.804. The van der Waals surface area contributed by atoms with Gasteiger partial charge in [0.15, 0.2) is 0 Å². The summed E-state index contributed by atoms with van der Waals surface area (Å²) < 4.78 is 0. The maximum Gasteiger partial charge on any atom is 0.0905 e. The van der Waals surface area contributed by atoms with Crippen LogP contribution in [0.2, 0.25) is 0 Å². The molecule has 0 saturated carbocycles. The second-order valence-electron chi connectivity index (χ2n) is 2.14. The lowest BCUT2D eigenvalue weighted by Crippen LogP contribution is -2.27. The van der Waals surface area contributed by atoms with Gasteiger partial charge in [-0.1, -0.05) is 0 Å². The zero-order valence-electron chi connectivity index (χ0n) is 5.92. The van der Waals surface area contributed by atoms with Crippen molar-refractivity contribution in [3.05, 3.63) is 0 Å². The number of hydrogen-bond donors (Lipinski definition) is 0. The van der Waals surface area contributed by atoms with Crippen LogP contribution in [0.5, 0.6) is 0 Å². The summed E-state index contributed by atoms with van der Waals surface area (Å²) in [7, 11) is 0. The predicted octanol–water partition coefficient (Wildman–Crippen LogP) is 0.199. The lowest BCUT2D eigenvalue weighted by molar-refractivity contribution is -0.319. The molecular formula is C4H8N6O. The van der Waals surface area contributed by atoms with Crippen molar-refractivity contribution in [2.24, 2.45) is 20.7 Å². The molecule has 0 aromatic heterocycles. The normalized spacial score (nSPS) is 22.2. The molecule has 7 heteroatoms. The molecule has 0 radical (unpaired) electrons. The van der Waals surface area contributed by atoms with Crippen molar-refractivity contribution in [2.45, 2.75) is 0 Å². The summed E-state index contributed by atoms with van der Waals surface area (Å²) in [4.78, 5) is 5.12. The molecule has 0 bridgehead atoms. The summed E-state index contributed by atoms with van der Waals surface area (Å²) in [5, 5.41) is 17.6. The first kappa shape index (κ1) is 6.47. The molecule has 0 fully saturated rings. The van der Waals surface area contributed by atoms with Crippen LogP contribution >= 0.6 is 0 Å². The monoisotopic (exact) mass is 156 g/mol. The standard InChI is InChI=1S/C4H8N6O/c1-3-9(7-5-1)11-10-4-2-6-8-10/h1-4H2. The number of hydrogen-bond acceptors (Lipinski definition) is 7. The van der Waals surface area contributed by atoms with E-state index in [1.165, 1.54) is 10.3 Å². The summed E-state index contributed by atoms with van der Waals surface area (Å²) in [5.74, 6) is 0. The average Bonchev–Trinajstić information content (AvgIpc) is 2.60. The van der Waals surface area contributed by atoms with E-state index in [9.17, 15) is 0 Å². The second-order valence-corrected chi connectivity index (χ2v) is 2.14. The Balaban J connectivity index is 1.80. The summed E-state index contributed by atoms with van der Waals surface area (Å²) in [6.45, 7) is 2.74. The van der Waals surface area contributed by atoms with Crippen LogP contribution in [-0.2, 0) is 4.94 Å². The van der Waals surface area contributed by atoms with Crippen LogP contribution in [0.1, 0.15) is 0 Å². The Morgan fingerprint density at radius 1 is 0.909 bits per heavy atom. The van der Waals surface area contributed by atoms with Gasteiger partial charge in [0, 0.05) is 0 Å². The van der Waals surface area contributed by atoms with Gasteiger partial charge in [-0.15, -0.1) is 15.3 Å². The van der Waals surface area contributed by atoms with E-state index >= 15 is 0 Å². The molecule has 60 valence electrons. The Morgan fingerprint density at radius 3 is 1.82 bits per heavy atom. The number of rotatable bonds is 2. The van der Waals surface area contributed by atoms with Crippen molar-refractivity contribution in [1.82, 2.24) is 10.3 Å². The Kier molecular flexibility index (Phi) is 1.64. The molecule has 0 atom stereocenters. The van der Waals surface area contributed by atoms with Crippen LogP contribution in [0.25, 0.3) is 0 Å². The Bertz CT molecular complexity index is 171. The summed E-state index contributed by atoms with van der Waals surface area (Å²) in [6.07, 6.45) is 0. The summed E-state index contributed by atoms with van der Waals surface area (Å²) in [5.41, 5.74) is 0. The van der Waals surface area contributed by atoms with Gasteiger partial charge in [-0.25, -0.2) is 0 Å². The fraction of sp³-hybridized carbons (Fsp3) is 1.00. The lowest BCUT2D eigenvalue weighted by Gasteiger charge is -2.15. The lowest BCUT2D eigenvalue weighted by atomic mass is 10.7. The number of hydroxylamine groups is 2. The molecule has 0 aromatic carbocycles. The van der Waals surface area contributed by atoms with E-state index in [1.807, 2.05) is 0 Å². The largest absolute Gasteiger partial charge is 0.167 e. The van der Waals surface area contributed by atoms with Crippen molar-refractivity contribution in [3.8, 4) is 0 Å². The molecule has 2 rings (SSSR count). The summed E-state index contributed by atoms with van der Waals surface area (Å²) >= 11 is 0. The van der Waals surface area contributed by atoms with Crippen molar-refractivity contribution in [1.29, 1.82) is 0 Å². The SMILES string of the molecule is C1CN(ON2CCN=N2)N=N1. The molecule has 2 heterocycles. The first-order chi connectivity index (χ1) is 5.45. The van der Waals surface area contributed by atoms with Gasteiger partial charge in [0.1, 0.15) is 0 Å². The molecule has 2 aliphatic rings. The third-order valence-electron chi connectivity index (χ3n) is 1.30. The second kappa shape index (κ2) is 2.79. The molecule has 7 nitrogen and oxygen atoms in total. The van der Waals surface area contributed by atoms with Crippen molar-refractivity contribution in [2.75, 3.05) is 26.2 Å². The van der Waals surface area contributed by atoms with E-state index in [-0.39, 0.29) is 0 Å². The van der Waals surface area contributed by atoms with Crippen molar-refractivity contribution in [3.63, 3.8) is 0 Å². The van der Waals surface area contributed by atoms with E-state index in [2.05, 4.69) is 20.7 Å². The van der Waals surface area contributed by atoms with E-state index in [1.54, 1.807) is 0 Å². The molecule has 0 unspecified atom stereocenters. The molecule has 0 N–H and O–H groups in total. The highest BCUT2D eigenvalue weighted by Crippen LogP contribution is 2.07. The van der Waals surface area contributed by atoms with Crippen LogP contribution in [0.4, 0.5) is 0 Å². The maximum absolute atomic E-state index is 5.12. The maximum atomic E-state index is 5.12. The molecular weight excluding hydrogens is 148 g/mol. The van der Waals surface area contributed by atoms with Crippen LogP contribution in [0.3, 0.4) is 0 Å². The Morgan fingerprint density at radius 2 is 1.45 bits per heavy atom. The van der Waals surface area contributed by atoms with Crippen LogP contribution in [-0.4, -0.2) is 36.5 Å². The van der Waals surface area contributed by atoms with E-state index in [0.29, 0.717) is 26.2 Å². The minimum Gasteiger partial charge on any atom is -0.167 e. The first-order valence-electron chi connectivity index (χ1n) is 3.43. The van der Waals surface area contributed by atoms with E-state index in [4.69, 9.17) is 4.94 Å². The topological polar surface area (TPSA) is 65.2 Å². The summed E-state index contributed by atoms with van der Waals surface area (Å²) in [6, 6.07) is 0. The molecule has 0 aliphatic carbocycles. The molecule has 0 spiro atoms. The van der Waals surface area contributed by atoms with Crippen LogP contribution in [0.15, 0.2) is 20.7 Å². The van der Waals surface area contributed by atoms with Gasteiger partial charge in [0.05, 0.1) is 26.2 Å². The van der Waals surface area contributed by atoms with E-state index < -0.39 is 0 Å². The van der Waals surface area contributed by atoms with Crippen LogP contribution < -0.4 is 0 Å². The molecule has 2 aliphatic heterocycles. The molecule has 0 amide bonds. The Hall–Kier alpha value is -1.24. The first-order valence-corrected chi connectivity index (χ1v) is 3.43. The van der Waals surface area contributed by atoms with Crippen LogP contribution in [0, 0.1) is 0 Å². The minimum absolute atomic E-state index is 0.685. The van der Waals surface area contributed by atoms with E-state index in [0.717, 1.165) is 0 Å². The quantitative estimate of drug-likeness (QED) is 0.573. The highest BCUT2D eigenvalue weighted by molar-refractivity contribution is 4.50.